The van der Waals surface area contributed by atoms with Gasteiger partial charge in [0.25, 0.3) is 10.2 Å². The van der Waals surface area contributed by atoms with Gasteiger partial charge in [-0.15, -0.1) is 0 Å². The lowest BCUT2D eigenvalue weighted by molar-refractivity contribution is -0.149. The van der Waals surface area contributed by atoms with Crippen molar-refractivity contribution >= 4 is 22.1 Å². The largest absolute Gasteiger partial charge is 0.481 e. The summed E-state index contributed by atoms with van der Waals surface area (Å²) in [6.45, 7) is 3.77. The van der Waals surface area contributed by atoms with Crippen LogP contribution in [0.5, 0.6) is 0 Å². The highest BCUT2D eigenvalue weighted by molar-refractivity contribution is 7.86. The molecule has 0 radical (unpaired) electrons. The minimum atomic E-state index is -3.72. The molecular formula is C10H19N3O5S. The average molecular weight is 293 g/mol. The van der Waals surface area contributed by atoms with Gasteiger partial charge in [-0.25, -0.2) is 5.14 Å². The summed E-state index contributed by atoms with van der Waals surface area (Å²) in [6, 6.07) is 0. The van der Waals surface area contributed by atoms with Gasteiger partial charge in [-0.3, -0.25) is 9.59 Å². The highest BCUT2D eigenvalue weighted by atomic mass is 32.2. The first kappa shape index (κ1) is 15.9. The van der Waals surface area contributed by atoms with Crippen LogP contribution in [0, 0.1) is 11.8 Å². The number of rotatable bonds is 4. The lowest BCUT2D eigenvalue weighted by Gasteiger charge is -2.34. The third-order valence-electron chi connectivity index (χ3n) is 3.44. The fourth-order valence-electron chi connectivity index (χ4n) is 1.88. The molecule has 1 aliphatic rings. The zero-order valence-electron chi connectivity index (χ0n) is 10.9. The van der Waals surface area contributed by atoms with E-state index in [1.807, 2.05) is 0 Å². The van der Waals surface area contributed by atoms with Crippen molar-refractivity contribution in [1.82, 2.24) is 9.21 Å². The van der Waals surface area contributed by atoms with Gasteiger partial charge in [0.05, 0.1) is 5.92 Å². The molecule has 110 valence electrons. The first-order valence-electron chi connectivity index (χ1n) is 5.94. The summed E-state index contributed by atoms with van der Waals surface area (Å²) in [5.74, 6) is -2.71. The highest BCUT2D eigenvalue weighted by Crippen LogP contribution is 2.16. The van der Waals surface area contributed by atoms with Gasteiger partial charge in [-0.1, -0.05) is 13.8 Å². The molecule has 1 aliphatic heterocycles. The van der Waals surface area contributed by atoms with Crippen LogP contribution in [0.1, 0.15) is 13.8 Å². The zero-order chi connectivity index (χ0) is 14.8. The number of carbonyl (C=O) groups excluding carboxylic acids is 1. The molecule has 1 rings (SSSR count). The van der Waals surface area contributed by atoms with Crippen LogP contribution in [-0.2, 0) is 19.8 Å². The molecule has 2 unspecified atom stereocenters. The number of aliphatic carboxylic acids is 1. The number of nitrogens with two attached hydrogens (primary N) is 1. The Balaban J connectivity index is 2.61. The lowest BCUT2D eigenvalue weighted by Crippen LogP contribution is -2.53. The van der Waals surface area contributed by atoms with E-state index in [9.17, 15) is 18.0 Å². The summed E-state index contributed by atoms with van der Waals surface area (Å²) in [6.07, 6.45) is 0. The number of nitrogens with zero attached hydrogens (tertiary/aromatic N) is 2. The average Bonchev–Trinajstić information content (AvgIpc) is 2.35. The Labute approximate surface area is 112 Å². The molecule has 1 fully saturated rings. The molecule has 0 aliphatic carbocycles. The second-order valence-corrected chi connectivity index (χ2v) is 6.23. The second kappa shape index (κ2) is 5.85. The van der Waals surface area contributed by atoms with E-state index in [2.05, 4.69) is 0 Å². The maximum absolute atomic E-state index is 12.1. The summed E-state index contributed by atoms with van der Waals surface area (Å²) in [5, 5.41) is 13.9. The van der Waals surface area contributed by atoms with E-state index in [1.54, 1.807) is 6.92 Å². The van der Waals surface area contributed by atoms with E-state index in [-0.39, 0.29) is 32.1 Å². The highest BCUT2D eigenvalue weighted by Gasteiger charge is 2.32. The van der Waals surface area contributed by atoms with Crippen LogP contribution in [0.2, 0.25) is 0 Å². The van der Waals surface area contributed by atoms with Crippen molar-refractivity contribution in [2.24, 2.45) is 17.0 Å². The fraction of sp³-hybridized carbons (Fsp3) is 0.800. The van der Waals surface area contributed by atoms with Crippen LogP contribution in [0.25, 0.3) is 0 Å². The monoisotopic (exact) mass is 293 g/mol. The molecule has 1 saturated heterocycles. The number of carbonyl (C=O) groups is 2. The Morgan fingerprint density at radius 1 is 1.11 bits per heavy atom. The van der Waals surface area contributed by atoms with Crippen LogP contribution in [-0.4, -0.2) is 60.8 Å². The quantitative estimate of drug-likeness (QED) is 0.666. The second-order valence-electron chi connectivity index (χ2n) is 4.68. The SMILES string of the molecule is CC(C(=O)O)C(C)C(=O)N1CCN(S(N)(=O)=O)CC1. The summed E-state index contributed by atoms with van der Waals surface area (Å²) in [5.41, 5.74) is 0. The molecule has 0 spiro atoms. The summed E-state index contributed by atoms with van der Waals surface area (Å²) < 4.78 is 23.3. The number of hydrogen-bond acceptors (Lipinski definition) is 4. The molecule has 0 bridgehead atoms. The van der Waals surface area contributed by atoms with Gasteiger partial charge in [0.2, 0.25) is 5.91 Å². The van der Waals surface area contributed by atoms with Crippen LogP contribution < -0.4 is 5.14 Å². The van der Waals surface area contributed by atoms with Crippen molar-refractivity contribution < 1.29 is 23.1 Å². The van der Waals surface area contributed by atoms with Crippen LogP contribution in [0.4, 0.5) is 0 Å². The van der Waals surface area contributed by atoms with Crippen LogP contribution >= 0.6 is 0 Å². The molecule has 0 aromatic carbocycles. The smallest absolute Gasteiger partial charge is 0.307 e. The Morgan fingerprint density at radius 2 is 1.58 bits per heavy atom. The minimum Gasteiger partial charge on any atom is -0.481 e. The third-order valence-corrected chi connectivity index (χ3v) is 4.52. The number of carboxylic acids is 1. The molecular weight excluding hydrogens is 274 g/mol. The maximum atomic E-state index is 12.1. The minimum absolute atomic E-state index is 0.138. The van der Waals surface area contributed by atoms with Gasteiger partial charge in [-0.05, 0) is 0 Å². The van der Waals surface area contributed by atoms with Crippen molar-refractivity contribution in [2.75, 3.05) is 26.2 Å². The normalized spacial score (nSPS) is 20.9. The number of amides is 1. The van der Waals surface area contributed by atoms with E-state index in [4.69, 9.17) is 10.2 Å². The Hall–Kier alpha value is -1.19. The van der Waals surface area contributed by atoms with Crippen molar-refractivity contribution in [1.29, 1.82) is 0 Å². The van der Waals surface area contributed by atoms with Crippen molar-refractivity contribution in [3.8, 4) is 0 Å². The van der Waals surface area contributed by atoms with Gasteiger partial charge in [0.1, 0.15) is 0 Å². The molecule has 0 aromatic heterocycles. The Bertz CT molecular complexity index is 456. The fourth-order valence-corrected chi connectivity index (χ4v) is 2.55. The third kappa shape index (κ3) is 3.88. The van der Waals surface area contributed by atoms with Crippen molar-refractivity contribution in [3.05, 3.63) is 0 Å². The zero-order valence-corrected chi connectivity index (χ0v) is 11.8. The number of carboxylic acid groups (broad SMARTS) is 1. The van der Waals surface area contributed by atoms with E-state index in [1.165, 1.54) is 11.8 Å². The Kier molecular flexibility index (Phi) is 4.88. The molecule has 9 heteroatoms. The predicted octanol–water partition coefficient (Wildman–Crippen LogP) is -1.31. The maximum Gasteiger partial charge on any atom is 0.307 e. The topological polar surface area (TPSA) is 121 Å². The molecule has 0 aromatic rings. The Morgan fingerprint density at radius 3 is 1.95 bits per heavy atom. The van der Waals surface area contributed by atoms with E-state index in [0.717, 1.165) is 4.31 Å². The lowest BCUT2D eigenvalue weighted by atomic mass is 9.94. The molecule has 19 heavy (non-hydrogen) atoms. The standard InChI is InChI=1S/C10H19N3O5S/c1-7(8(2)10(15)16)9(14)12-3-5-13(6-4-12)19(11,17)18/h7-8H,3-6H2,1-2H3,(H,15,16)(H2,11,17,18). The summed E-state index contributed by atoms with van der Waals surface area (Å²) in [4.78, 5) is 24.4. The first-order valence-corrected chi connectivity index (χ1v) is 7.44. The number of piperazine rings is 1. The molecule has 2 atom stereocenters. The molecule has 8 nitrogen and oxygen atoms in total. The van der Waals surface area contributed by atoms with E-state index < -0.39 is 28.0 Å². The van der Waals surface area contributed by atoms with Gasteiger partial charge >= 0.3 is 5.97 Å². The van der Waals surface area contributed by atoms with E-state index >= 15 is 0 Å². The first-order chi connectivity index (χ1) is 8.64. The van der Waals surface area contributed by atoms with Gasteiger partial charge in [-0.2, -0.15) is 12.7 Å². The van der Waals surface area contributed by atoms with Crippen LogP contribution in [0.15, 0.2) is 0 Å². The summed E-state index contributed by atoms with van der Waals surface area (Å²) >= 11 is 0. The van der Waals surface area contributed by atoms with Gasteiger partial charge < -0.3 is 10.0 Å². The molecule has 0 saturated carbocycles. The van der Waals surface area contributed by atoms with E-state index in [0.29, 0.717) is 0 Å². The summed E-state index contributed by atoms with van der Waals surface area (Å²) in [7, 11) is -3.72. The predicted molar refractivity (Wildman–Crippen MR) is 67.2 cm³/mol. The van der Waals surface area contributed by atoms with Gasteiger partial charge in [0.15, 0.2) is 0 Å². The van der Waals surface area contributed by atoms with Gasteiger partial charge in [0, 0.05) is 32.1 Å². The molecule has 1 heterocycles. The van der Waals surface area contributed by atoms with Crippen molar-refractivity contribution in [2.45, 2.75) is 13.8 Å². The molecule has 3 N–H and O–H groups in total. The van der Waals surface area contributed by atoms with Crippen LogP contribution in [0.3, 0.4) is 0 Å². The van der Waals surface area contributed by atoms with Crippen molar-refractivity contribution in [3.63, 3.8) is 0 Å². The molecule has 1 amide bonds. The number of hydrogen-bond donors (Lipinski definition) is 2.